The van der Waals surface area contributed by atoms with Gasteiger partial charge < -0.3 is 10.2 Å². The molecule has 0 bridgehead atoms. The number of likely N-dealkylation sites (tertiary alicyclic amines) is 1. The second-order valence-electron chi connectivity index (χ2n) is 4.76. The highest BCUT2D eigenvalue weighted by atomic mass is 19.1. The monoisotopic (exact) mass is 250 g/mol. The second-order valence-corrected chi connectivity index (χ2v) is 4.76. The quantitative estimate of drug-likeness (QED) is 0.894. The Balaban J connectivity index is 1.94. The summed E-state index contributed by atoms with van der Waals surface area (Å²) < 4.78 is 13.0. The van der Waals surface area contributed by atoms with Crippen LogP contribution in [0.3, 0.4) is 0 Å². The minimum absolute atomic E-state index is 0.0963. The van der Waals surface area contributed by atoms with Crippen molar-refractivity contribution < 1.29 is 9.18 Å². The minimum atomic E-state index is -0.315. The Hall–Kier alpha value is -1.58. The van der Waals surface area contributed by atoms with Crippen LogP contribution in [0.4, 0.5) is 10.1 Å². The molecular formula is C14H19FN2O. The highest BCUT2D eigenvalue weighted by Gasteiger charge is 2.21. The van der Waals surface area contributed by atoms with Crippen LogP contribution in [-0.4, -0.2) is 29.9 Å². The number of nitrogens with one attached hydrogen (secondary N) is 1. The van der Waals surface area contributed by atoms with Crippen LogP contribution in [0.25, 0.3) is 0 Å². The summed E-state index contributed by atoms with van der Waals surface area (Å²) >= 11 is 0. The average Bonchev–Trinajstić information content (AvgIpc) is 2.39. The number of hydrogen-bond donors (Lipinski definition) is 1. The smallest absolute Gasteiger partial charge is 0.244 e. The Morgan fingerprint density at radius 3 is 2.72 bits per heavy atom. The van der Waals surface area contributed by atoms with Crippen molar-refractivity contribution >= 4 is 11.6 Å². The van der Waals surface area contributed by atoms with E-state index in [1.165, 1.54) is 18.6 Å². The summed E-state index contributed by atoms with van der Waals surface area (Å²) in [6, 6.07) is 5.88. The van der Waals surface area contributed by atoms with E-state index < -0.39 is 0 Å². The predicted octanol–water partition coefficient (Wildman–Crippen LogP) is 2.64. The SMILES string of the molecule is CC(Nc1cccc(F)c1)C(=O)N1CCCCC1. The van der Waals surface area contributed by atoms with E-state index in [4.69, 9.17) is 0 Å². The Morgan fingerprint density at radius 1 is 1.33 bits per heavy atom. The number of halogens is 1. The third-order valence-electron chi connectivity index (χ3n) is 3.25. The van der Waals surface area contributed by atoms with Crippen molar-refractivity contribution in [1.29, 1.82) is 0 Å². The van der Waals surface area contributed by atoms with E-state index in [1.54, 1.807) is 12.1 Å². The van der Waals surface area contributed by atoms with Crippen molar-refractivity contribution in [3.05, 3.63) is 30.1 Å². The van der Waals surface area contributed by atoms with E-state index in [0.29, 0.717) is 5.69 Å². The molecular weight excluding hydrogens is 231 g/mol. The van der Waals surface area contributed by atoms with Crippen molar-refractivity contribution in [2.45, 2.75) is 32.2 Å². The second kappa shape index (κ2) is 5.85. The van der Waals surface area contributed by atoms with Gasteiger partial charge in [-0.1, -0.05) is 6.07 Å². The van der Waals surface area contributed by atoms with E-state index in [1.807, 2.05) is 11.8 Å². The lowest BCUT2D eigenvalue weighted by Gasteiger charge is -2.29. The zero-order valence-electron chi connectivity index (χ0n) is 10.7. The number of amides is 1. The normalized spacial score (nSPS) is 17.3. The molecule has 1 fully saturated rings. The molecule has 0 radical (unpaired) electrons. The predicted molar refractivity (Wildman–Crippen MR) is 69.9 cm³/mol. The first-order chi connectivity index (χ1) is 8.66. The molecule has 98 valence electrons. The van der Waals surface area contributed by atoms with E-state index in [9.17, 15) is 9.18 Å². The topological polar surface area (TPSA) is 32.3 Å². The van der Waals surface area contributed by atoms with E-state index >= 15 is 0 Å². The molecule has 1 unspecified atom stereocenters. The van der Waals surface area contributed by atoms with Gasteiger partial charge in [-0.05, 0) is 44.4 Å². The molecule has 3 nitrogen and oxygen atoms in total. The van der Waals surface area contributed by atoms with E-state index in [-0.39, 0.29) is 17.8 Å². The zero-order chi connectivity index (χ0) is 13.0. The van der Waals surface area contributed by atoms with Crippen LogP contribution < -0.4 is 5.32 Å². The zero-order valence-corrected chi connectivity index (χ0v) is 10.7. The number of carbonyl (C=O) groups is 1. The molecule has 18 heavy (non-hydrogen) atoms. The Bertz CT molecular complexity index is 416. The summed E-state index contributed by atoms with van der Waals surface area (Å²) in [5, 5.41) is 3.05. The van der Waals surface area contributed by atoms with Crippen molar-refractivity contribution in [3.8, 4) is 0 Å². The summed E-state index contributed by atoms with van der Waals surface area (Å²) in [4.78, 5) is 14.0. The number of piperidine rings is 1. The number of hydrogen-bond acceptors (Lipinski definition) is 2. The molecule has 1 aromatic carbocycles. The first kappa shape index (κ1) is 12.9. The van der Waals surface area contributed by atoms with Gasteiger partial charge in [0.25, 0.3) is 0 Å². The molecule has 1 heterocycles. The van der Waals surface area contributed by atoms with Crippen LogP contribution in [0.1, 0.15) is 26.2 Å². The molecule has 1 aromatic rings. The Kier molecular flexibility index (Phi) is 4.18. The maximum absolute atomic E-state index is 13.0. The van der Waals surface area contributed by atoms with Gasteiger partial charge in [-0.25, -0.2) is 4.39 Å². The third kappa shape index (κ3) is 3.22. The largest absolute Gasteiger partial charge is 0.374 e. The minimum Gasteiger partial charge on any atom is -0.374 e. The van der Waals surface area contributed by atoms with Crippen molar-refractivity contribution in [2.75, 3.05) is 18.4 Å². The van der Waals surface area contributed by atoms with E-state index in [0.717, 1.165) is 25.9 Å². The molecule has 1 aliphatic rings. The Labute approximate surface area is 107 Å². The van der Waals surface area contributed by atoms with Gasteiger partial charge in [0.05, 0.1) is 0 Å². The molecule has 1 aliphatic heterocycles. The maximum atomic E-state index is 13.0. The lowest BCUT2D eigenvalue weighted by molar-refractivity contribution is -0.132. The molecule has 0 spiro atoms. The summed E-state index contributed by atoms with van der Waals surface area (Å²) in [7, 11) is 0. The molecule has 1 amide bonds. The lowest BCUT2D eigenvalue weighted by atomic mass is 10.1. The van der Waals surface area contributed by atoms with Crippen LogP contribution in [0.15, 0.2) is 24.3 Å². The summed E-state index contributed by atoms with van der Waals surface area (Å²) in [5.41, 5.74) is 0.646. The molecule has 1 saturated heterocycles. The maximum Gasteiger partial charge on any atom is 0.244 e. The molecule has 2 rings (SSSR count). The number of rotatable bonds is 3. The van der Waals surface area contributed by atoms with Gasteiger partial charge in [-0.2, -0.15) is 0 Å². The van der Waals surface area contributed by atoms with Crippen LogP contribution in [0, 0.1) is 5.82 Å². The molecule has 0 aliphatic carbocycles. The number of nitrogens with zero attached hydrogens (tertiary/aromatic N) is 1. The first-order valence-corrected chi connectivity index (χ1v) is 6.48. The van der Waals surface area contributed by atoms with Crippen molar-refractivity contribution in [1.82, 2.24) is 4.90 Å². The summed E-state index contributed by atoms with van der Waals surface area (Å²) in [6.45, 7) is 3.50. The van der Waals surface area contributed by atoms with Crippen LogP contribution >= 0.6 is 0 Å². The van der Waals surface area contributed by atoms with Gasteiger partial charge in [-0.3, -0.25) is 4.79 Å². The van der Waals surface area contributed by atoms with Crippen LogP contribution in [-0.2, 0) is 4.79 Å². The molecule has 4 heteroatoms. The number of benzene rings is 1. The van der Waals surface area contributed by atoms with Crippen LogP contribution in [0.2, 0.25) is 0 Å². The summed E-state index contributed by atoms with van der Waals surface area (Å²) in [6.07, 6.45) is 3.37. The van der Waals surface area contributed by atoms with Gasteiger partial charge in [-0.15, -0.1) is 0 Å². The number of anilines is 1. The molecule has 0 saturated carbocycles. The van der Waals surface area contributed by atoms with Gasteiger partial charge in [0.2, 0.25) is 5.91 Å². The standard InChI is InChI=1S/C14H19FN2O/c1-11(14(18)17-8-3-2-4-9-17)16-13-7-5-6-12(15)10-13/h5-7,10-11,16H,2-4,8-9H2,1H3. The highest BCUT2D eigenvalue weighted by Crippen LogP contribution is 2.14. The van der Waals surface area contributed by atoms with Gasteiger partial charge in [0.15, 0.2) is 0 Å². The molecule has 1 N–H and O–H groups in total. The van der Waals surface area contributed by atoms with E-state index in [2.05, 4.69) is 5.32 Å². The fourth-order valence-electron chi connectivity index (χ4n) is 2.28. The van der Waals surface area contributed by atoms with Gasteiger partial charge in [0, 0.05) is 18.8 Å². The van der Waals surface area contributed by atoms with Crippen LogP contribution in [0.5, 0.6) is 0 Å². The third-order valence-corrected chi connectivity index (χ3v) is 3.25. The molecule has 0 aromatic heterocycles. The first-order valence-electron chi connectivity index (χ1n) is 6.48. The van der Waals surface area contributed by atoms with Gasteiger partial charge >= 0.3 is 0 Å². The number of carbonyl (C=O) groups excluding carboxylic acids is 1. The average molecular weight is 250 g/mol. The van der Waals surface area contributed by atoms with Crippen molar-refractivity contribution in [3.63, 3.8) is 0 Å². The highest BCUT2D eigenvalue weighted by molar-refractivity contribution is 5.84. The molecule has 1 atom stereocenters. The van der Waals surface area contributed by atoms with Gasteiger partial charge in [0.1, 0.15) is 11.9 Å². The van der Waals surface area contributed by atoms with Crippen molar-refractivity contribution in [2.24, 2.45) is 0 Å². The fraction of sp³-hybridized carbons (Fsp3) is 0.500. The Morgan fingerprint density at radius 2 is 2.06 bits per heavy atom. The fourth-order valence-corrected chi connectivity index (χ4v) is 2.28. The summed E-state index contributed by atoms with van der Waals surface area (Å²) in [5.74, 6) is -0.198. The lowest BCUT2D eigenvalue weighted by Crippen LogP contribution is -2.43.